The van der Waals surface area contributed by atoms with Gasteiger partial charge in [0.25, 0.3) is 0 Å². The van der Waals surface area contributed by atoms with Crippen LogP contribution in [0, 0.1) is 5.92 Å². The summed E-state index contributed by atoms with van der Waals surface area (Å²) in [7, 11) is 0. The van der Waals surface area contributed by atoms with E-state index in [1.54, 1.807) is 12.1 Å². The van der Waals surface area contributed by atoms with Crippen LogP contribution in [0.5, 0.6) is 0 Å². The van der Waals surface area contributed by atoms with Crippen molar-refractivity contribution in [1.29, 1.82) is 0 Å². The first-order chi connectivity index (χ1) is 7.58. The number of carboxylic acid groups (broad SMARTS) is 1. The van der Waals surface area contributed by atoms with E-state index in [2.05, 4.69) is 19.2 Å². The first kappa shape index (κ1) is 11.0. The largest absolute Gasteiger partial charge is 0.478 e. The molecule has 1 atom stereocenters. The van der Waals surface area contributed by atoms with Crippen LogP contribution in [-0.4, -0.2) is 17.1 Å². The van der Waals surface area contributed by atoms with Crippen molar-refractivity contribution < 1.29 is 9.90 Å². The van der Waals surface area contributed by atoms with Crippen molar-refractivity contribution in [2.45, 2.75) is 32.7 Å². The van der Waals surface area contributed by atoms with Crippen LogP contribution >= 0.6 is 0 Å². The Morgan fingerprint density at radius 2 is 2.25 bits per heavy atom. The summed E-state index contributed by atoms with van der Waals surface area (Å²) in [6, 6.07) is 5.83. The molecule has 86 valence electrons. The molecule has 1 heterocycles. The molecule has 0 aromatic heterocycles. The summed E-state index contributed by atoms with van der Waals surface area (Å²) in [6.45, 7) is 4.41. The van der Waals surface area contributed by atoms with Gasteiger partial charge in [0.15, 0.2) is 0 Å². The zero-order chi connectivity index (χ0) is 11.7. The highest BCUT2D eigenvalue weighted by atomic mass is 16.4. The molecule has 0 radical (unpaired) electrons. The van der Waals surface area contributed by atoms with Crippen molar-refractivity contribution in [3.63, 3.8) is 0 Å². The molecule has 16 heavy (non-hydrogen) atoms. The Hall–Kier alpha value is -1.51. The van der Waals surface area contributed by atoms with Gasteiger partial charge < -0.3 is 10.4 Å². The normalized spacial score (nSPS) is 19.1. The number of anilines is 1. The van der Waals surface area contributed by atoms with Crippen LogP contribution in [0.1, 0.15) is 36.2 Å². The van der Waals surface area contributed by atoms with Crippen LogP contribution in [-0.2, 0) is 6.42 Å². The third kappa shape index (κ3) is 2.03. The summed E-state index contributed by atoms with van der Waals surface area (Å²) in [5, 5.41) is 12.4. The standard InChI is InChI=1S/C13H17NO2/c1-8(2)11-5-3-9-7-10(13(15)16)4-6-12(9)14-11/h4,6-8,11,14H,3,5H2,1-2H3,(H,15,16). The summed E-state index contributed by atoms with van der Waals surface area (Å²) in [5.74, 6) is -0.249. The second-order valence-corrected chi connectivity index (χ2v) is 4.71. The minimum atomic E-state index is -0.853. The van der Waals surface area contributed by atoms with E-state index in [1.807, 2.05) is 6.07 Å². The highest BCUT2D eigenvalue weighted by molar-refractivity contribution is 5.88. The second-order valence-electron chi connectivity index (χ2n) is 4.71. The van der Waals surface area contributed by atoms with E-state index in [9.17, 15) is 4.79 Å². The summed E-state index contributed by atoms with van der Waals surface area (Å²) >= 11 is 0. The number of carboxylic acids is 1. The highest BCUT2D eigenvalue weighted by Crippen LogP contribution is 2.28. The molecule has 2 N–H and O–H groups in total. The van der Waals surface area contributed by atoms with Crippen molar-refractivity contribution in [2.75, 3.05) is 5.32 Å². The third-order valence-electron chi connectivity index (χ3n) is 3.22. The molecule has 0 aliphatic carbocycles. The molecule has 0 fully saturated rings. The Morgan fingerprint density at radius 3 is 2.88 bits per heavy atom. The fourth-order valence-corrected chi connectivity index (χ4v) is 2.16. The molecule has 0 spiro atoms. The Kier molecular flexibility index (Phi) is 2.86. The van der Waals surface area contributed by atoms with Gasteiger partial charge in [0.05, 0.1) is 5.56 Å². The number of nitrogens with one attached hydrogen (secondary N) is 1. The Balaban J connectivity index is 2.25. The number of benzene rings is 1. The molecule has 1 unspecified atom stereocenters. The minimum absolute atomic E-state index is 0.378. The number of rotatable bonds is 2. The van der Waals surface area contributed by atoms with Crippen LogP contribution in [0.2, 0.25) is 0 Å². The maximum Gasteiger partial charge on any atom is 0.335 e. The summed E-state index contributed by atoms with van der Waals surface area (Å²) in [4.78, 5) is 10.8. The van der Waals surface area contributed by atoms with Gasteiger partial charge in [-0.15, -0.1) is 0 Å². The van der Waals surface area contributed by atoms with Crippen molar-refractivity contribution in [3.8, 4) is 0 Å². The maximum atomic E-state index is 10.8. The molecule has 3 heteroatoms. The molecule has 0 saturated heterocycles. The van der Waals surface area contributed by atoms with Crippen molar-refractivity contribution in [1.82, 2.24) is 0 Å². The SMILES string of the molecule is CC(C)C1CCc2cc(C(=O)O)ccc2N1. The van der Waals surface area contributed by atoms with Gasteiger partial charge in [-0.25, -0.2) is 4.79 Å². The van der Waals surface area contributed by atoms with Gasteiger partial charge in [0.1, 0.15) is 0 Å². The van der Waals surface area contributed by atoms with Gasteiger partial charge in [-0.3, -0.25) is 0 Å². The summed E-state index contributed by atoms with van der Waals surface area (Å²) in [6.07, 6.45) is 2.04. The molecule has 0 saturated carbocycles. The molecule has 2 rings (SSSR count). The Bertz CT molecular complexity index is 412. The van der Waals surface area contributed by atoms with E-state index in [0.29, 0.717) is 17.5 Å². The van der Waals surface area contributed by atoms with Crippen LogP contribution in [0.15, 0.2) is 18.2 Å². The van der Waals surface area contributed by atoms with E-state index < -0.39 is 5.97 Å². The lowest BCUT2D eigenvalue weighted by Gasteiger charge is -2.30. The van der Waals surface area contributed by atoms with E-state index in [0.717, 1.165) is 24.1 Å². The number of aromatic carboxylic acids is 1. The van der Waals surface area contributed by atoms with Gasteiger partial charge in [0.2, 0.25) is 0 Å². The van der Waals surface area contributed by atoms with E-state index >= 15 is 0 Å². The predicted octanol–water partition coefficient (Wildman–Crippen LogP) is 2.77. The quantitative estimate of drug-likeness (QED) is 0.804. The van der Waals surface area contributed by atoms with Crippen molar-refractivity contribution in [2.24, 2.45) is 5.92 Å². The minimum Gasteiger partial charge on any atom is -0.478 e. The fraction of sp³-hybridized carbons (Fsp3) is 0.462. The summed E-state index contributed by atoms with van der Waals surface area (Å²) < 4.78 is 0. The Morgan fingerprint density at radius 1 is 1.50 bits per heavy atom. The molecule has 0 amide bonds. The smallest absolute Gasteiger partial charge is 0.335 e. The zero-order valence-corrected chi connectivity index (χ0v) is 9.66. The number of aryl methyl sites for hydroxylation is 1. The molecule has 1 aromatic rings. The van der Waals surface area contributed by atoms with Crippen LogP contribution in [0.4, 0.5) is 5.69 Å². The maximum absolute atomic E-state index is 10.8. The van der Waals surface area contributed by atoms with Gasteiger partial charge >= 0.3 is 5.97 Å². The van der Waals surface area contributed by atoms with Crippen molar-refractivity contribution >= 4 is 11.7 Å². The number of hydrogen-bond donors (Lipinski definition) is 2. The number of fused-ring (bicyclic) bond motifs is 1. The van der Waals surface area contributed by atoms with Gasteiger partial charge in [-0.1, -0.05) is 13.8 Å². The third-order valence-corrected chi connectivity index (χ3v) is 3.22. The fourth-order valence-electron chi connectivity index (χ4n) is 2.16. The van der Waals surface area contributed by atoms with Gasteiger partial charge in [0, 0.05) is 11.7 Å². The van der Waals surface area contributed by atoms with Gasteiger partial charge in [-0.05, 0) is 42.5 Å². The topological polar surface area (TPSA) is 49.3 Å². The highest BCUT2D eigenvalue weighted by Gasteiger charge is 2.20. The number of hydrogen-bond acceptors (Lipinski definition) is 2. The summed E-state index contributed by atoms with van der Waals surface area (Å²) in [5.41, 5.74) is 2.59. The lowest BCUT2D eigenvalue weighted by molar-refractivity contribution is 0.0697. The van der Waals surface area contributed by atoms with Crippen LogP contribution in [0.3, 0.4) is 0 Å². The second kappa shape index (κ2) is 4.16. The van der Waals surface area contributed by atoms with Crippen LogP contribution in [0.25, 0.3) is 0 Å². The predicted molar refractivity (Wildman–Crippen MR) is 64.0 cm³/mol. The average molecular weight is 219 g/mol. The molecular formula is C13H17NO2. The van der Waals surface area contributed by atoms with E-state index in [-0.39, 0.29) is 0 Å². The van der Waals surface area contributed by atoms with Crippen LogP contribution < -0.4 is 5.32 Å². The molecule has 0 bridgehead atoms. The lowest BCUT2D eigenvalue weighted by atomic mass is 9.91. The Labute approximate surface area is 95.5 Å². The first-order valence-electron chi connectivity index (χ1n) is 5.70. The molecule has 1 aliphatic rings. The average Bonchev–Trinajstić information content (AvgIpc) is 2.27. The van der Waals surface area contributed by atoms with Crippen molar-refractivity contribution in [3.05, 3.63) is 29.3 Å². The van der Waals surface area contributed by atoms with Gasteiger partial charge in [-0.2, -0.15) is 0 Å². The molecule has 1 aliphatic heterocycles. The monoisotopic (exact) mass is 219 g/mol. The lowest BCUT2D eigenvalue weighted by Crippen LogP contribution is -2.30. The molecule has 1 aromatic carbocycles. The molecule has 3 nitrogen and oxygen atoms in total. The molecular weight excluding hydrogens is 202 g/mol. The number of carbonyl (C=O) groups is 1. The van der Waals surface area contributed by atoms with E-state index in [4.69, 9.17) is 5.11 Å². The van der Waals surface area contributed by atoms with E-state index in [1.165, 1.54) is 0 Å². The zero-order valence-electron chi connectivity index (χ0n) is 9.66. The first-order valence-corrected chi connectivity index (χ1v) is 5.70.